The van der Waals surface area contributed by atoms with Crippen LogP contribution in [0.1, 0.15) is 45.0 Å². The van der Waals surface area contributed by atoms with Crippen LogP contribution < -0.4 is 5.32 Å². The number of amides is 1. The van der Waals surface area contributed by atoms with E-state index in [1.165, 1.54) is 4.90 Å². The molecule has 0 aromatic heterocycles. The normalized spacial score (nSPS) is 11.6. The number of nitrogens with one attached hydrogen (secondary N) is 1. The second-order valence-corrected chi connectivity index (χ2v) is 7.05. The molecule has 0 heterocycles. The highest BCUT2D eigenvalue weighted by atomic mass is 32.2. The molecule has 0 bridgehead atoms. The molecule has 0 fully saturated rings. The molecule has 0 aliphatic heterocycles. The minimum Gasteiger partial charge on any atom is -0.347 e. The molecule has 0 spiro atoms. The molecule has 0 atom stereocenters. The van der Waals surface area contributed by atoms with Gasteiger partial charge in [0.15, 0.2) is 0 Å². The first-order valence-corrected chi connectivity index (χ1v) is 6.75. The second-order valence-electron chi connectivity index (χ2n) is 5.40. The van der Waals surface area contributed by atoms with Crippen molar-refractivity contribution in [2.45, 2.75) is 50.3 Å². The number of thioether (sulfide) groups is 1. The Balaban J connectivity index is 2.71. The topological polar surface area (TPSA) is 29.1 Å². The third-order valence-corrected chi connectivity index (χ3v) is 2.99. The van der Waals surface area contributed by atoms with Gasteiger partial charge in [-0.3, -0.25) is 4.79 Å². The average molecular weight is 251 g/mol. The van der Waals surface area contributed by atoms with Crippen molar-refractivity contribution in [2.75, 3.05) is 0 Å². The third kappa shape index (κ3) is 5.26. The molecule has 17 heavy (non-hydrogen) atoms. The lowest BCUT2D eigenvalue weighted by atomic mass is 10.1. The number of benzene rings is 1. The highest BCUT2D eigenvalue weighted by Crippen LogP contribution is 2.22. The molecule has 0 saturated carbocycles. The van der Waals surface area contributed by atoms with Gasteiger partial charge in [-0.15, -0.1) is 11.8 Å². The van der Waals surface area contributed by atoms with Gasteiger partial charge >= 0.3 is 0 Å². The van der Waals surface area contributed by atoms with E-state index in [9.17, 15) is 4.79 Å². The zero-order chi connectivity index (χ0) is 13.1. The average Bonchev–Trinajstić information content (AvgIpc) is 2.15. The summed E-state index contributed by atoms with van der Waals surface area (Å²) in [6.07, 6.45) is 0. The summed E-state index contributed by atoms with van der Waals surface area (Å²) in [5.41, 5.74) is 0.524. The van der Waals surface area contributed by atoms with Crippen molar-refractivity contribution in [3.05, 3.63) is 29.8 Å². The highest BCUT2D eigenvalue weighted by molar-refractivity contribution is 7.99. The standard InChI is InChI=1S/C14H21NOS/c1-10(2)17-12-8-6-11(7-9-12)13(16)15-14(3,4)5/h6-10H,1-5H3,(H,15,16). The molecule has 1 aromatic carbocycles. The molecule has 0 aliphatic rings. The summed E-state index contributed by atoms with van der Waals surface area (Å²) in [6.45, 7) is 10.3. The minimum atomic E-state index is -0.192. The van der Waals surface area contributed by atoms with Crippen molar-refractivity contribution >= 4 is 17.7 Å². The van der Waals surface area contributed by atoms with Gasteiger partial charge in [0, 0.05) is 21.2 Å². The summed E-state index contributed by atoms with van der Waals surface area (Å²) in [6, 6.07) is 7.77. The molecule has 0 aliphatic carbocycles. The van der Waals surface area contributed by atoms with Gasteiger partial charge in [-0.2, -0.15) is 0 Å². The maximum absolute atomic E-state index is 11.9. The Bertz CT molecular complexity index is 376. The van der Waals surface area contributed by atoms with Crippen molar-refractivity contribution < 1.29 is 4.79 Å². The van der Waals surface area contributed by atoms with Crippen LogP contribution in [0.4, 0.5) is 0 Å². The van der Waals surface area contributed by atoms with Crippen LogP contribution >= 0.6 is 11.8 Å². The fourth-order valence-corrected chi connectivity index (χ4v) is 2.21. The quantitative estimate of drug-likeness (QED) is 0.830. The predicted molar refractivity (Wildman–Crippen MR) is 74.7 cm³/mol. The van der Waals surface area contributed by atoms with Crippen LogP contribution in [0.15, 0.2) is 29.2 Å². The molecular weight excluding hydrogens is 230 g/mol. The summed E-state index contributed by atoms with van der Waals surface area (Å²) in [4.78, 5) is 13.1. The van der Waals surface area contributed by atoms with E-state index in [4.69, 9.17) is 0 Å². The molecule has 94 valence electrons. The van der Waals surface area contributed by atoms with Gasteiger partial charge in [0.1, 0.15) is 0 Å². The van der Waals surface area contributed by atoms with E-state index in [1.54, 1.807) is 11.8 Å². The summed E-state index contributed by atoms with van der Waals surface area (Å²) in [5.74, 6) is -0.0152. The van der Waals surface area contributed by atoms with Gasteiger partial charge in [0.05, 0.1) is 0 Å². The van der Waals surface area contributed by atoms with E-state index in [0.29, 0.717) is 10.8 Å². The van der Waals surface area contributed by atoms with E-state index in [1.807, 2.05) is 45.0 Å². The van der Waals surface area contributed by atoms with Crippen LogP contribution in [-0.4, -0.2) is 16.7 Å². The van der Waals surface area contributed by atoms with Gasteiger partial charge in [0.25, 0.3) is 5.91 Å². The van der Waals surface area contributed by atoms with Crippen LogP contribution in [0, 0.1) is 0 Å². The molecule has 3 heteroatoms. The lowest BCUT2D eigenvalue weighted by Gasteiger charge is -2.20. The molecule has 0 radical (unpaired) electrons. The number of hydrogen-bond donors (Lipinski definition) is 1. The van der Waals surface area contributed by atoms with Gasteiger partial charge in [0.2, 0.25) is 0 Å². The van der Waals surface area contributed by atoms with Crippen LogP contribution in [0.3, 0.4) is 0 Å². The Hall–Kier alpha value is -0.960. The Morgan fingerprint density at radius 3 is 2.12 bits per heavy atom. The van der Waals surface area contributed by atoms with Crippen molar-refractivity contribution in [3.63, 3.8) is 0 Å². The molecule has 0 unspecified atom stereocenters. The molecule has 0 saturated heterocycles. The largest absolute Gasteiger partial charge is 0.347 e. The Kier molecular flexibility index (Phi) is 4.63. The third-order valence-electron chi connectivity index (χ3n) is 1.98. The zero-order valence-corrected chi connectivity index (χ0v) is 12.0. The van der Waals surface area contributed by atoms with E-state index in [2.05, 4.69) is 19.2 Å². The first kappa shape index (κ1) is 14.1. The Morgan fingerprint density at radius 2 is 1.71 bits per heavy atom. The van der Waals surface area contributed by atoms with Crippen molar-refractivity contribution in [1.29, 1.82) is 0 Å². The van der Waals surface area contributed by atoms with Gasteiger partial charge in [-0.05, 0) is 45.0 Å². The SMILES string of the molecule is CC(C)Sc1ccc(C(=O)NC(C)(C)C)cc1. The van der Waals surface area contributed by atoms with Crippen LogP contribution in [-0.2, 0) is 0 Å². The number of carbonyl (C=O) groups excluding carboxylic acids is 1. The van der Waals surface area contributed by atoms with Crippen LogP contribution in [0.5, 0.6) is 0 Å². The van der Waals surface area contributed by atoms with Crippen molar-refractivity contribution in [1.82, 2.24) is 5.32 Å². The monoisotopic (exact) mass is 251 g/mol. The first-order chi connectivity index (χ1) is 7.78. The molecule has 1 aromatic rings. The van der Waals surface area contributed by atoms with E-state index in [-0.39, 0.29) is 11.4 Å². The van der Waals surface area contributed by atoms with Gasteiger partial charge < -0.3 is 5.32 Å². The van der Waals surface area contributed by atoms with E-state index < -0.39 is 0 Å². The van der Waals surface area contributed by atoms with Gasteiger partial charge in [-0.25, -0.2) is 0 Å². The molecule has 2 nitrogen and oxygen atoms in total. The minimum absolute atomic E-state index is 0.0152. The number of carbonyl (C=O) groups is 1. The maximum atomic E-state index is 11.9. The fraction of sp³-hybridized carbons (Fsp3) is 0.500. The van der Waals surface area contributed by atoms with Gasteiger partial charge in [-0.1, -0.05) is 13.8 Å². The predicted octanol–water partition coefficient (Wildman–Crippen LogP) is 3.72. The fourth-order valence-electron chi connectivity index (χ4n) is 1.37. The summed E-state index contributed by atoms with van der Waals surface area (Å²) in [7, 11) is 0. The molecule has 1 N–H and O–H groups in total. The number of hydrogen-bond acceptors (Lipinski definition) is 2. The lowest BCUT2D eigenvalue weighted by Crippen LogP contribution is -2.40. The summed E-state index contributed by atoms with van der Waals surface area (Å²) in [5, 5.41) is 3.51. The highest BCUT2D eigenvalue weighted by Gasteiger charge is 2.14. The zero-order valence-electron chi connectivity index (χ0n) is 11.2. The maximum Gasteiger partial charge on any atom is 0.251 e. The molecule has 1 rings (SSSR count). The summed E-state index contributed by atoms with van der Waals surface area (Å²) < 4.78 is 0. The Labute approximate surface area is 108 Å². The molecular formula is C14H21NOS. The van der Waals surface area contributed by atoms with Crippen LogP contribution in [0.25, 0.3) is 0 Å². The first-order valence-electron chi connectivity index (χ1n) is 5.87. The van der Waals surface area contributed by atoms with Crippen molar-refractivity contribution in [3.8, 4) is 0 Å². The lowest BCUT2D eigenvalue weighted by molar-refractivity contribution is 0.0919. The van der Waals surface area contributed by atoms with E-state index >= 15 is 0 Å². The number of rotatable bonds is 3. The second kappa shape index (κ2) is 5.58. The van der Waals surface area contributed by atoms with Crippen LogP contribution in [0.2, 0.25) is 0 Å². The van der Waals surface area contributed by atoms with E-state index in [0.717, 1.165) is 0 Å². The molecule has 1 amide bonds. The summed E-state index contributed by atoms with van der Waals surface area (Å²) >= 11 is 1.80. The Morgan fingerprint density at radius 1 is 1.18 bits per heavy atom. The smallest absolute Gasteiger partial charge is 0.251 e. The van der Waals surface area contributed by atoms with Crippen molar-refractivity contribution in [2.24, 2.45) is 0 Å².